The van der Waals surface area contributed by atoms with Gasteiger partial charge in [-0.2, -0.15) is 0 Å². The molecule has 0 saturated carbocycles. The van der Waals surface area contributed by atoms with Gasteiger partial charge in [-0.25, -0.2) is 9.37 Å². The molecule has 2 aliphatic rings. The lowest BCUT2D eigenvalue weighted by Gasteiger charge is -2.25. The summed E-state index contributed by atoms with van der Waals surface area (Å²) in [7, 11) is 3.34. The SMILES string of the molecule is COCCN(CCOC)c1ccc(C2=CC(=C3C(=O)Nc4ccc(F)cc43)OC2(C)C)cn1. The Morgan fingerprint density at radius 3 is 2.48 bits per heavy atom. The maximum atomic E-state index is 13.9. The maximum Gasteiger partial charge on any atom is 0.260 e. The van der Waals surface area contributed by atoms with Gasteiger partial charge in [0.2, 0.25) is 0 Å². The van der Waals surface area contributed by atoms with Crippen LogP contribution >= 0.6 is 0 Å². The molecule has 0 saturated heterocycles. The highest BCUT2D eigenvalue weighted by Crippen LogP contribution is 2.44. The highest BCUT2D eigenvalue weighted by Gasteiger charge is 2.38. The van der Waals surface area contributed by atoms with E-state index in [1.54, 1.807) is 26.5 Å². The number of hydrogen-bond acceptors (Lipinski definition) is 6. The zero-order valence-electron chi connectivity index (χ0n) is 19.3. The number of fused-ring (bicyclic) bond motifs is 1. The summed E-state index contributed by atoms with van der Waals surface area (Å²) in [5, 5.41) is 2.78. The third-order valence-electron chi connectivity index (χ3n) is 5.78. The molecule has 174 valence electrons. The molecule has 0 unspecified atom stereocenters. The maximum absolute atomic E-state index is 13.9. The second-order valence-electron chi connectivity index (χ2n) is 8.43. The van der Waals surface area contributed by atoms with Crippen LogP contribution in [-0.4, -0.2) is 57.0 Å². The van der Waals surface area contributed by atoms with E-state index in [1.165, 1.54) is 12.1 Å². The van der Waals surface area contributed by atoms with E-state index in [4.69, 9.17) is 14.2 Å². The normalized spacial score (nSPS) is 18.6. The van der Waals surface area contributed by atoms with Crippen molar-refractivity contribution in [3.8, 4) is 0 Å². The molecule has 0 bridgehead atoms. The highest BCUT2D eigenvalue weighted by atomic mass is 19.1. The summed E-state index contributed by atoms with van der Waals surface area (Å²) < 4.78 is 30.5. The molecule has 4 rings (SSSR count). The van der Waals surface area contributed by atoms with Crippen molar-refractivity contribution in [2.45, 2.75) is 19.4 Å². The molecular formula is C25H28FN3O4. The van der Waals surface area contributed by atoms with Gasteiger partial charge >= 0.3 is 0 Å². The molecule has 0 fully saturated rings. The first-order chi connectivity index (χ1) is 15.8. The number of carbonyl (C=O) groups is 1. The van der Waals surface area contributed by atoms with E-state index >= 15 is 0 Å². The molecule has 3 heterocycles. The van der Waals surface area contributed by atoms with Gasteiger partial charge in [0, 0.05) is 55.9 Å². The molecule has 1 aromatic carbocycles. The van der Waals surface area contributed by atoms with Crippen molar-refractivity contribution in [3.63, 3.8) is 0 Å². The monoisotopic (exact) mass is 453 g/mol. The van der Waals surface area contributed by atoms with Gasteiger partial charge in [0.15, 0.2) is 0 Å². The van der Waals surface area contributed by atoms with Crippen LogP contribution in [0.25, 0.3) is 11.1 Å². The zero-order valence-corrected chi connectivity index (χ0v) is 19.3. The predicted molar refractivity (Wildman–Crippen MR) is 125 cm³/mol. The number of anilines is 2. The highest BCUT2D eigenvalue weighted by molar-refractivity contribution is 6.32. The number of methoxy groups -OCH3 is 2. The fourth-order valence-electron chi connectivity index (χ4n) is 4.08. The van der Waals surface area contributed by atoms with E-state index in [2.05, 4.69) is 15.2 Å². The zero-order chi connectivity index (χ0) is 23.6. The van der Waals surface area contributed by atoms with Crippen LogP contribution in [0.4, 0.5) is 15.9 Å². The number of pyridine rings is 1. The average Bonchev–Trinajstić information content (AvgIpc) is 3.28. The van der Waals surface area contributed by atoms with Crippen LogP contribution < -0.4 is 10.2 Å². The number of amides is 1. The molecule has 1 aromatic heterocycles. The summed E-state index contributed by atoms with van der Waals surface area (Å²) in [4.78, 5) is 19.4. The second kappa shape index (κ2) is 9.33. The van der Waals surface area contributed by atoms with Gasteiger partial charge in [0.1, 0.15) is 23.0 Å². The minimum absolute atomic E-state index is 0.306. The van der Waals surface area contributed by atoms with E-state index in [0.717, 1.165) is 17.0 Å². The average molecular weight is 454 g/mol. The molecule has 0 aliphatic carbocycles. The van der Waals surface area contributed by atoms with Crippen LogP contribution in [0.3, 0.4) is 0 Å². The van der Waals surface area contributed by atoms with Crippen molar-refractivity contribution in [2.75, 3.05) is 50.7 Å². The first-order valence-corrected chi connectivity index (χ1v) is 10.8. The first kappa shape index (κ1) is 22.9. The quantitative estimate of drug-likeness (QED) is 0.612. The number of hydrogen-bond donors (Lipinski definition) is 1. The molecule has 8 heteroatoms. The van der Waals surface area contributed by atoms with Gasteiger partial charge in [0.25, 0.3) is 5.91 Å². The number of rotatable bonds is 8. The number of halogens is 1. The summed E-state index contributed by atoms with van der Waals surface area (Å²) in [5.74, 6) is 0.529. The van der Waals surface area contributed by atoms with Crippen molar-refractivity contribution >= 4 is 28.6 Å². The third-order valence-corrected chi connectivity index (χ3v) is 5.78. The molecular weight excluding hydrogens is 425 g/mol. The summed E-state index contributed by atoms with van der Waals surface area (Å²) in [5.41, 5.74) is 2.50. The van der Waals surface area contributed by atoms with Crippen LogP contribution in [0.2, 0.25) is 0 Å². The summed E-state index contributed by atoms with van der Waals surface area (Å²) in [6.07, 6.45) is 3.65. The molecule has 7 nitrogen and oxygen atoms in total. The first-order valence-electron chi connectivity index (χ1n) is 10.8. The Labute approximate surface area is 192 Å². The van der Waals surface area contributed by atoms with Crippen molar-refractivity contribution in [3.05, 3.63) is 65.3 Å². The Morgan fingerprint density at radius 2 is 1.85 bits per heavy atom. The molecule has 1 N–H and O–H groups in total. The number of carbonyl (C=O) groups excluding carboxylic acids is 1. The Kier molecular flexibility index (Phi) is 6.49. The number of allylic oxidation sites excluding steroid dienone is 1. The molecule has 33 heavy (non-hydrogen) atoms. The van der Waals surface area contributed by atoms with Crippen molar-refractivity contribution in [1.82, 2.24) is 4.98 Å². The van der Waals surface area contributed by atoms with Crippen molar-refractivity contribution in [1.29, 1.82) is 0 Å². The standard InChI is InChI=1S/C25H28FN3O4/c1-25(2)19(16-5-8-22(27-15-16)29(9-11-31-3)10-12-32-4)14-21(33-25)23-18-13-17(26)6-7-20(18)28-24(23)30/h5-8,13-15H,9-12H2,1-4H3,(H,28,30). The summed E-state index contributed by atoms with van der Waals surface area (Å²) >= 11 is 0. The van der Waals surface area contributed by atoms with Gasteiger partial charge in [0.05, 0.1) is 18.8 Å². The van der Waals surface area contributed by atoms with Crippen LogP contribution in [0.1, 0.15) is 25.0 Å². The molecule has 0 spiro atoms. The lowest BCUT2D eigenvalue weighted by atomic mass is 9.93. The molecule has 1 amide bonds. The number of nitrogens with zero attached hydrogens (tertiary/aromatic N) is 2. The Morgan fingerprint density at radius 1 is 1.12 bits per heavy atom. The lowest BCUT2D eigenvalue weighted by molar-refractivity contribution is -0.111. The van der Waals surface area contributed by atoms with Crippen molar-refractivity contribution < 1.29 is 23.4 Å². The fraction of sp³-hybridized carbons (Fsp3) is 0.360. The van der Waals surface area contributed by atoms with E-state index in [9.17, 15) is 9.18 Å². The summed E-state index contributed by atoms with van der Waals surface area (Å²) in [6, 6.07) is 8.17. The molecule has 2 aromatic rings. The van der Waals surface area contributed by atoms with E-state index in [0.29, 0.717) is 48.9 Å². The van der Waals surface area contributed by atoms with Crippen LogP contribution in [0.15, 0.2) is 48.4 Å². The van der Waals surface area contributed by atoms with Gasteiger partial charge in [-0.1, -0.05) is 0 Å². The molecule has 0 atom stereocenters. The Bertz CT molecular complexity index is 1100. The fourth-order valence-corrected chi connectivity index (χ4v) is 4.08. The Balaban J connectivity index is 1.67. The Hall–Kier alpha value is -3.23. The lowest BCUT2D eigenvalue weighted by Crippen LogP contribution is -2.31. The van der Waals surface area contributed by atoms with E-state index < -0.39 is 11.4 Å². The summed E-state index contributed by atoms with van der Waals surface area (Å²) in [6.45, 7) is 6.43. The number of benzene rings is 1. The minimum atomic E-state index is -0.687. The van der Waals surface area contributed by atoms with Crippen LogP contribution in [0.5, 0.6) is 0 Å². The largest absolute Gasteiger partial charge is 0.482 e. The third kappa shape index (κ3) is 4.62. The van der Waals surface area contributed by atoms with E-state index in [1.807, 2.05) is 32.1 Å². The molecule has 2 aliphatic heterocycles. The van der Waals surface area contributed by atoms with Crippen LogP contribution in [-0.2, 0) is 19.0 Å². The van der Waals surface area contributed by atoms with E-state index in [-0.39, 0.29) is 5.91 Å². The van der Waals surface area contributed by atoms with Gasteiger partial charge in [-0.3, -0.25) is 4.79 Å². The van der Waals surface area contributed by atoms with Gasteiger partial charge in [-0.15, -0.1) is 0 Å². The van der Waals surface area contributed by atoms with Crippen LogP contribution in [0, 0.1) is 5.82 Å². The molecule has 0 radical (unpaired) electrons. The van der Waals surface area contributed by atoms with Gasteiger partial charge < -0.3 is 24.4 Å². The predicted octanol–water partition coefficient (Wildman–Crippen LogP) is 3.88. The number of aromatic nitrogens is 1. The number of ether oxygens (including phenoxy) is 3. The number of nitrogens with one attached hydrogen (secondary N) is 1. The smallest absolute Gasteiger partial charge is 0.260 e. The second-order valence-corrected chi connectivity index (χ2v) is 8.43. The van der Waals surface area contributed by atoms with Crippen molar-refractivity contribution in [2.24, 2.45) is 0 Å². The van der Waals surface area contributed by atoms with Gasteiger partial charge in [-0.05, 0) is 50.3 Å². The minimum Gasteiger partial charge on any atom is -0.482 e. The topological polar surface area (TPSA) is 72.9 Å².